The minimum atomic E-state index is -3.06. The number of piperidine rings is 1. The van der Waals surface area contributed by atoms with Crippen LogP contribution in [-0.2, 0) is 9.53 Å². The average molecular weight is 332 g/mol. The summed E-state index contributed by atoms with van der Waals surface area (Å²) in [6.07, 6.45) is 0.248. The van der Waals surface area contributed by atoms with Crippen LogP contribution in [0.15, 0.2) is 0 Å². The van der Waals surface area contributed by atoms with Crippen molar-refractivity contribution >= 4 is 12.0 Å². The van der Waals surface area contributed by atoms with Gasteiger partial charge in [-0.3, -0.25) is 9.69 Å². The molecule has 23 heavy (non-hydrogen) atoms. The Morgan fingerprint density at radius 2 is 1.74 bits per heavy atom. The predicted molar refractivity (Wildman–Crippen MR) is 81.3 cm³/mol. The number of rotatable bonds is 1. The SMILES string of the molecule is CC1CCN(C(=O)C2CC(F)(F)CN2C(=O)OC(C)(C)C)CC1. The summed E-state index contributed by atoms with van der Waals surface area (Å²) in [6, 6.07) is -1.13. The molecule has 2 fully saturated rings. The van der Waals surface area contributed by atoms with E-state index in [4.69, 9.17) is 4.74 Å². The summed E-state index contributed by atoms with van der Waals surface area (Å²) in [5.41, 5.74) is -0.789. The van der Waals surface area contributed by atoms with Crippen molar-refractivity contribution < 1.29 is 23.1 Å². The second-order valence-corrected chi connectivity index (χ2v) is 7.69. The molecule has 0 aliphatic carbocycles. The van der Waals surface area contributed by atoms with Crippen LogP contribution in [0.5, 0.6) is 0 Å². The molecule has 2 aliphatic heterocycles. The molecule has 1 atom stereocenters. The van der Waals surface area contributed by atoms with E-state index in [2.05, 4.69) is 6.92 Å². The highest BCUT2D eigenvalue weighted by Gasteiger charge is 2.52. The van der Waals surface area contributed by atoms with Gasteiger partial charge in [0.15, 0.2) is 0 Å². The fourth-order valence-electron chi connectivity index (χ4n) is 2.99. The molecule has 7 heteroatoms. The summed E-state index contributed by atoms with van der Waals surface area (Å²) >= 11 is 0. The molecule has 2 saturated heterocycles. The number of halogens is 2. The third kappa shape index (κ3) is 4.54. The zero-order chi connectivity index (χ0) is 17.4. The minimum Gasteiger partial charge on any atom is -0.444 e. The molecule has 0 aromatic heterocycles. The molecule has 0 spiro atoms. The molecule has 132 valence electrons. The van der Waals surface area contributed by atoms with Gasteiger partial charge in [0.1, 0.15) is 11.6 Å². The molecule has 0 aromatic rings. The Balaban J connectivity index is 2.10. The average Bonchev–Trinajstić information content (AvgIpc) is 2.73. The standard InChI is InChI=1S/C16H26F2N2O3/c1-11-5-7-19(8-6-11)13(21)12-9-16(17,18)10-20(12)14(22)23-15(2,3)4/h11-12H,5-10H2,1-4H3. The second kappa shape index (κ2) is 6.24. The molecule has 0 bridgehead atoms. The van der Waals surface area contributed by atoms with Gasteiger partial charge in [-0.25, -0.2) is 13.6 Å². The number of carbonyl (C=O) groups is 2. The summed E-state index contributed by atoms with van der Waals surface area (Å²) in [4.78, 5) is 27.3. The summed E-state index contributed by atoms with van der Waals surface area (Å²) in [6.45, 7) is 7.47. The van der Waals surface area contributed by atoms with Gasteiger partial charge >= 0.3 is 6.09 Å². The molecule has 0 saturated carbocycles. The Kier molecular flexibility index (Phi) is 4.87. The number of carbonyl (C=O) groups excluding carboxylic acids is 2. The van der Waals surface area contributed by atoms with Gasteiger partial charge in [-0.15, -0.1) is 0 Å². The first-order valence-corrected chi connectivity index (χ1v) is 8.15. The Hall–Kier alpha value is -1.40. The predicted octanol–water partition coefficient (Wildman–Crippen LogP) is 2.89. The van der Waals surface area contributed by atoms with Gasteiger partial charge in [-0.1, -0.05) is 6.92 Å². The summed E-state index contributed by atoms with van der Waals surface area (Å²) in [7, 11) is 0. The van der Waals surface area contributed by atoms with Gasteiger partial charge in [0, 0.05) is 19.5 Å². The second-order valence-electron chi connectivity index (χ2n) is 7.69. The Labute approximate surface area is 135 Å². The van der Waals surface area contributed by atoms with Crippen LogP contribution in [0.4, 0.5) is 13.6 Å². The van der Waals surface area contributed by atoms with Crippen LogP contribution in [0.1, 0.15) is 47.0 Å². The molecule has 0 N–H and O–H groups in total. The van der Waals surface area contributed by atoms with E-state index in [1.807, 2.05) is 0 Å². The van der Waals surface area contributed by atoms with Crippen molar-refractivity contribution in [1.29, 1.82) is 0 Å². The third-order valence-corrected chi connectivity index (χ3v) is 4.28. The van der Waals surface area contributed by atoms with Crippen LogP contribution in [0.25, 0.3) is 0 Å². The minimum absolute atomic E-state index is 0.389. The van der Waals surface area contributed by atoms with E-state index in [9.17, 15) is 18.4 Å². The largest absolute Gasteiger partial charge is 0.444 e. The smallest absolute Gasteiger partial charge is 0.411 e. The van der Waals surface area contributed by atoms with Crippen LogP contribution >= 0.6 is 0 Å². The van der Waals surface area contributed by atoms with E-state index in [1.54, 1.807) is 25.7 Å². The Bertz CT molecular complexity index is 468. The van der Waals surface area contributed by atoms with Gasteiger partial charge in [-0.2, -0.15) is 0 Å². The van der Waals surface area contributed by atoms with Crippen molar-refractivity contribution in [1.82, 2.24) is 9.80 Å². The van der Waals surface area contributed by atoms with Crippen molar-refractivity contribution in [2.45, 2.75) is 64.5 Å². The number of likely N-dealkylation sites (tertiary alicyclic amines) is 2. The lowest BCUT2D eigenvalue weighted by atomic mass is 9.98. The monoisotopic (exact) mass is 332 g/mol. The zero-order valence-corrected chi connectivity index (χ0v) is 14.3. The van der Waals surface area contributed by atoms with Crippen molar-refractivity contribution in [3.63, 3.8) is 0 Å². The molecule has 2 rings (SSSR count). The first-order valence-electron chi connectivity index (χ1n) is 8.15. The number of alkyl halides is 2. The molecule has 2 heterocycles. The van der Waals surface area contributed by atoms with Crippen LogP contribution < -0.4 is 0 Å². The lowest BCUT2D eigenvalue weighted by Gasteiger charge is -2.34. The quantitative estimate of drug-likeness (QED) is 0.742. The highest BCUT2D eigenvalue weighted by molar-refractivity contribution is 5.86. The number of nitrogens with zero attached hydrogens (tertiary/aromatic N) is 2. The van der Waals surface area contributed by atoms with Crippen LogP contribution in [0, 0.1) is 5.92 Å². The first-order chi connectivity index (χ1) is 10.5. The van der Waals surface area contributed by atoms with Crippen molar-refractivity contribution in [3.8, 4) is 0 Å². The highest BCUT2D eigenvalue weighted by atomic mass is 19.3. The number of amides is 2. The maximum Gasteiger partial charge on any atom is 0.411 e. The topological polar surface area (TPSA) is 49.9 Å². The molecule has 2 amide bonds. The van der Waals surface area contributed by atoms with Gasteiger partial charge in [0.25, 0.3) is 5.92 Å². The van der Waals surface area contributed by atoms with E-state index in [-0.39, 0.29) is 5.91 Å². The summed E-state index contributed by atoms with van der Waals surface area (Å²) < 4.78 is 32.8. The normalized spacial score (nSPS) is 25.6. The van der Waals surface area contributed by atoms with E-state index >= 15 is 0 Å². The number of ether oxygens (including phenoxy) is 1. The van der Waals surface area contributed by atoms with Gasteiger partial charge in [0.05, 0.1) is 6.54 Å². The van der Waals surface area contributed by atoms with Crippen LogP contribution in [0.3, 0.4) is 0 Å². The molecule has 0 aromatic carbocycles. The van der Waals surface area contributed by atoms with Crippen molar-refractivity contribution in [2.24, 2.45) is 5.92 Å². The van der Waals surface area contributed by atoms with Gasteiger partial charge < -0.3 is 9.64 Å². The number of hydrogen-bond donors (Lipinski definition) is 0. The Morgan fingerprint density at radius 3 is 2.26 bits per heavy atom. The maximum absolute atomic E-state index is 13.8. The van der Waals surface area contributed by atoms with Gasteiger partial charge in [-0.05, 0) is 39.5 Å². The molecular formula is C16H26F2N2O3. The molecule has 0 radical (unpaired) electrons. The van der Waals surface area contributed by atoms with Crippen LogP contribution in [0.2, 0.25) is 0 Å². The van der Waals surface area contributed by atoms with Crippen LogP contribution in [-0.4, -0.2) is 59.0 Å². The number of hydrogen-bond acceptors (Lipinski definition) is 3. The lowest BCUT2D eigenvalue weighted by molar-refractivity contribution is -0.137. The van der Waals surface area contributed by atoms with Crippen molar-refractivity contribution in [2.75, 3.05) is 19.6 Å². The molecule has 2 aliphatic rings. The van der Waals surface area contributed by atoms with E-state index in [0.29, 0.717) is 19.0 Å². The Morgan fingerprint density at radius 1 is 1.17 bits per heavy atom. The fraction of sp³-hybridized carbons (Fsp3) is 0.875. The van der Waals surface area contributed by atoms with Gasteiger partial charge in [0.2, 0.25) is 5.91 Å². The molecule has 5 nitrogen and oxygen atoms in total. The maximum atomic E-state index is 13.8. The zero-order valence-electron chi connectivity index (χ0n) is 14.3. The summed E-state index contributed by atoms with van der Waals surface area (Å²) in [5, 5.41) is 0. The van der Waals surface area contributed by atoms with E-state index in [1.165, 1.54) is 0 Å². The first kappa shape index (κ1) is 17.9. The highest BCUT2D eigenvalue weighted by Crippen LogP contribution is 2.34. The lowest BCUT2D eigenvalue weighted by Crippen LogP contribution is -2.50. The fourth-order valence-corrected chi connectivity index (χ4v) is 2.99. The molecule has 1 unspecified atom stereocenters. The van der Waals surface area contributed by atoms with E-state index < -0.39 is 36.6 Å². The molecular weight excluding hydrogens is 306 g/mol. The van der Waals surface area contributed by atoms with E-state index in [0.717, 1.165) is 17.7 Å². The summed E-state index contributed by atoms with van der Waals surface area (Å²) in [5.74, 6) is -2.91. The van der Waals surface area contributed by atoms with Crippen molar-refractivity contribution in [3.05, 3.63) is 0 Å². The third-order valence-electron chi connectivity index (χ3n) is 4.28.